The van der Waals surface area contributed by atoms with E-state index >= 15 is 0 Å². The van der Waals surface area contributed by atoms with E-state index in [0.29, 0.717) is 10.4 Å². The van der Waals surface area contributed by atoms with Crippen LogP contribution in [0.5, 0.6) is 0 Å². The molecule has 0 N–H and O–H groups in total. The first-order valence-electron chi connectivity index (χ1n) is 3.55. The number of rotatable bonds is 3. The summed E-state index contributed by atoms with van der Waals surface area (Å²) in [7, 11) is 0. The first kappa shape index (κ1) is 9.75. The van der Waals surface area contributed by atoms with E-state index in [1.54, 1.807) is 6.07 Å². The summed E-state index contributed by atoms with van der Waals surface area (Å²) in [5.41, 5.74) is 0.881. The van der Waals surface area contributed by atoms with Crippen molar-refractivity contribution in [2.24, 2.45) is 0 Å². The van der Waals surface area contributed by atoms with Gasteiger partial charge in [-0.3, -0.25) is 0 Å². The molecule has 0 fully saturated rings. The zero-order valence-electron chi connectivity index (χ0n) is 6.34. The van der Waals surface area contributed by atoms with Gasteiger partial charge in [-0.1, -0.05) is 45.7 Å². The number of hydrogen-bond acceptors (Lipinski definition) is 1. The molecule has 0 bridgehead atoms. The molecule has 1 rings (SSSR count). The Balaban J connectivity index is 3.00. The van der Waals surface area contributed by atoms with Gasteiger partial charge in [0.1, 0.15) is 6.29 Å². The maximum absolute atomic E-state index is 10.6. The lowest BCUT2D eigenvalue weighted by Gasteiger charge is -2.07. The largest absolute Gasteiger partial charge is 0.303 e. The molecule has 1 unspecified atom stereocenters. The molecule has 1 nitrogen and oxygen atoms in total. The van der Waals surface area contributed by atoms with E-state index in [-0.39, 0.29) is 5.92 Å². The average molecular weight is 248 g/mol. The second-order valence-electron chi connectivity index (χ2n) is 2.42. The summed E-state index contributed by atoms with van der Waals surface area (Å²) >= 11 is 9.15. The van der Waals surface area contributed by atoms with E-state index in [9.17, 15) is 4.79 Å². The number of aldehydes is 1. The third-order valence-electron chi connectivity index (χ3n) is 1.64. The molecule has 0 aliphatic carbocycles. The number of carbonyl (C=O) groups is 1. The van der Waals surface area contributed by atoms with Gasteiger partial charge in [0, 0.05) is 10.4 Å². The normalized spacial score (nSPS) is 12.5. The third-order valence-corrected chi connectivity index (χ3v) is 2.68. The van der Waals surface area contributed by atoms with Crippen molar-refractivity contribution >= 4 is 33.8 Å². The van der Waals surface area contributed by atoms with E-state index in [0.717, 1.165) is 11.8 Å². The number of carbonyl (C=O) groups excluding carboxylic acids is 1. The Bertz CT molecular complexity index is 275. The first-order chi connectivity index (χ1) is 5.79. The molecule has 0 radical (unpaired) electrons. The lowest BCUT2D eigenvalue weighted by atomic mass is 10.0. The van der Waals surface area contributed by atoms with Crippen LogP contribution in [0.1, 0.15) is 11.5 Å². The molecule has 3 heteroatoms. The van der Waals surface area contributed by atoms with Crippen molar-refractivity contribution in [1.29, 1.82) is 0 Å². The van der Waals surface area contributed by atoms with E-state index in [1.165, 1.54) is 0 Å². The van der Waals surface area contributed by atoms with Crippen molar-refractivity contribution in [1.82, 2.24) is 0 Å². The van der Waals surface area contributed by atoms with Gasteiger partial charge < -0.3 is 4.79 Å². The van der Waals surface area contributed by atoms with E-state index < -0.39 is 0 Å². The minimum Gasteiger partial charge on any atom is -0.303 e. The summed E-state index contributed by atoms with van der Waals surface area (Å²) in [6.45, 7) is 0. The first-order valence-corrected chi connectivity index (χ1v) is 5.05. The maximum atomic E-state index is 10.6. The van der Waals surface area contributed by atoms with Crippen molar-refractivity contribution in [3.8, 4) is 0 Å². The zero-order chi connectivity index (χ0) is 8.97. The zero-order valence-corrected chi connectivity index (χ0v) is 8.68. The molecule has 12 heavy (non-hydrogen) atoms. The molecule has 0 aliphatic heterocycles. The molecule has 1 aromatic carbocycles. The minimum absolute atomic E-state index is 0.140. The number of hydrogen-bond donors (Lipinski definition) is 0. The van der Waals surface area contributed by atoms with Crippen LogP contribution < -0.4 is 0 Å². The average Bonchev–Trinajstić information content (AvgIpc) is 2.10. The number of benzene rings is 1. The second kappa shape index (κ2) is 4.63. The van der Waals surface area contributed by atoms with Crippen LogP contribution in [0, 0.1) is 0 Å². The Morgan fingerprint density at radius 1 is 1.50 bits per heavy atom. The molecular formula is C9H8BrClO. The topological polar surface area (TPSA) is 17.1 Å². The number of alkyl halides is 1. The molecule has 0 saturated carbocycles. The monoisotopic (exact) mass is 246 g/mol. The Kier molecular flexibility index (Phi) is 3.76. The van der Waals surface area contributed by atoms with Crippen LogP contribution in [-0.4, -0.2) is 11.6 Å². The molecule has 1 atom stereocenters. The Morgan fingerprint density at radius 3 is 2.67 bits per heavy atom. The Morgan fingerprint density at radius 2 is 2.17 bits per heavy atom. The summed E-state index contributed by atoms with van der Waals surface area (Å²) in [4.78, 5) is 10.6. The van der Waals surface area contributed by atoms with Gasteiger partial charge in [0.25, 0.3) is 0 Å². The second-order valence-corrected chi connectivity index (χ2v) is 3.47. The van der Waals surface area contributed by atoms with Crippen molar-refractivity contribution in [2.45, 2.75) is 5.92 Å². The standard InChI is InChI=1S/C9H8BrClO/c10-5-7(6-12)8-3-1-2-4-9(8)11/h1-4,6-7H,5H2. The fraction of sp³-hybridized carbons (Fsp3) is 0.222. The smallest absolute Gasteiger partial charge is 0.128 e. The van der Waals surface area contributed by atoms with Gasteiger partial charge in [0.15, 0.2) is 0 Å². The molecule has 1 aromatic rings. The Hall–Kier alpha value is -0.340. The summed E-state index contributed by atoms with van der Waals surface area (Å²) in [5.74, 6) is -0.140. The van der Waals surface area contributed by atoms with Crippen LogP contribution in [0.4, 0.5) is 0 Å². The van der Waals surface area contributed by atoms with Crippen molar-refractivity contribution in [3.05, 3.63) is 34.9 Å². The molecule has 0 amide bonds. The van der Waals surface area contributed by atoms with Gasteiger partial charge >= 0.3 is 0 Å². The van der Waals surface area contributed by atoms with E-state index in [2.05, 4.69) is 15.9 Å². The number of halogens is 2. The molecular weight excluding hydrogens is 239 g/mol. The summed E-state index contributed by atoms with van der Waals surface area (Å²) < 4.78 is 0. The van der Waals surface area contributed by atoms with Crippen LogP contribution in [-0.2, 0) is 4.79 Å². The fourth-order valence-electron chi connectivity index (χ4n) is 0.969. The predicted octanol–water partition coefficient (Wildman–Crippen LogP) is 3.02. The van der Waals surface area contributed by atoms with Crippen LogP contribution in [0.3, 0.4) is 0 Å². The molecule has 0 aliphatic rings. The van der Waals surface area contributed by atoms with Gasteiger partial charge in [-0.05, 0) is 11.6 Å². The predicted molar refractivity (Wildman–Crippen MR) is 54.1 cm³/mol. The van der Waals surface area contributed by atoms with Gasteiger partial charge in [0.05, 0.1) is 5.92 Å². The summed E-state index contributed by atoms with van der Waals surface area (Å²) in [6.07, 6.45) is 0.899. The highest BCUT2D eigenvalue weighted by Gasteiger charge is 2.10. The van der Waals surface area contributed by atoms with E-state index in [4.69, 9.17) is 11.6 Å². The maximum Gasteiger partial charge on any atom is 0.128 e. The van der Waals surface area contributed by atoms with E-state index in [1.807, 2.05) is 18.2 Å². The molecule has 0 aromatic heterocycles. The summed E-state index contributed by atoms with van der Waals surface area (Å²) in [5, 5.41) is 1.26. The van der Waals surface area contributed by atoms with Gasteiger partial charge in [0.2, 0.25) is 0 Å². The van der Waals surface area contributed by atoms with Crippen LogP contribution >= 0.6 is 27.5 Å². The fourth-order valence-corrected chi connectivity index (χ4v) is 1.75. The quantitative estimate of drug-likeness (QED) is 0.593. The molecule has 64 valence electrons. The van der Waals surface area contributed by atoms with Crippen LogP contribution in [0.2, 0.25) is 5.02 Å². The van der Waals surface area contributed by atoms with Gasteiger partial charge in [-0.15, -0.1) is 0 Å². The minimum atomic E-state index is -0.140. The van der Waals surface area contributed by atoms with Gasteiger partial charge in [-0.2, -0.15) is 0 Å². The third kappa shape index (κ3) is 2.08. The molecule has 0 heterocycles. The SMILES string of the molecule is O=CC(CBr)c1ccccc1Cl. The lowest BCUT2D eigenvalue weighted by Crippen LogP contribution is -2.01. The van der Waals surface area contributed by atoms with Crippen molar-refractivity contribution < 1.29 is 4.79 Å². The summed E-state index contributed by atoms with van der Waals surface area (Å²) in [6, 6.07) is 7.38. The van der Waals surface area contributed by atoms with Gasteiger partial charge in [-0.25, -0.2) is 0 Å². The van der Waals surface area contributed by atoms with Crippen LogP contribution in [0.25, 0.3) is 0 Å². The van der Waals surface area contributed by atoms with Crippen molar-refractivity contribution in [3.63, 3.8) is 0 Å². The highest BCUT2D eigenvalue weighted by molar-refractivity contribution is 9.09. The molecule has 0 saturated heterocycles. The van der Waals surface area contributed by atoms with Crippen LogP contribution in [0.15, 0.2) is 24.3 Å². The highest BCUT2D eigenvalue weighted by Crippen LogP contribution is 2.23. The van der Waals surface area contributed by atoms with Crippen molar-refractivity contribution in [2.75, 3.05) is 5.33 Å². The Labute approximate surface area is 84.9 Å². The lowest BCUT2D eigenvalue weighted by molar-refractivity contribution is -0.108. The highest BCUT2D eigenvalue weighted by atomic mass is 79.9. The molecule has 0 spiro atoms.